The highest BCUT2D eigenvalue weighted by molar-refractivity contribution is 5.13. The van der Waals surface area contributed by atoms with E-state index in [0.29, 0.717) is 6.10 Å². The van der Waals surface area contributed by atoms with E-state index in [0.717, 1.165) is 13.0 Å². The molecule has 68 valence electrons. The van der Waals surface area contributed by atoms with E-state index in [1.807, 2.05) is 0 Å². The molecule has 0 aromatic heterocycles. The molecule has 0 saturated carbocycles. The van der Waals surface area contributed by atoms with Crippen LogP contribution in [-0.4, -0.2) is 23.9 Å². The maximum Gasteiger partial charge on any atom is 0.110 e. The van der Waals surface area contributed by atoms with Crippen molar-refractivity contribution in [3.05, 3.63) is 12.2 Å². The molecule has 2 saturated heterocycles. The van der Waals surface area contributed by atoms with Crippen molar-refractivity contribution in [1.29, 1.82) is 0 Å². The normalized spacial score (nSPS) is 51.4. The summed E-state index contributed by atoms with van der Waals surface area (Å²) in [7, 11) is 0. The molecule has 3 unspecified atom stereocenters. The van der Waals surface area contributed by atoms with Gasteiger partial charge in [-0.05, 0) is 27.2 Å². The molecule has 0 aromatic carbocycles. The molecule has 0 bridgehead atoms. The molecule has 0 amide bonds. The van der Waals surface area contributed by atoms with Gasteiger partial charge in [0, 0.05) is 0 Å². The highest BCUT2D eigenvalue weighted by atomic mass is 16.6. The smallest absolute Gasteiger partial charge is 0.110 e. The Morgan fingerprint density at radius 1 is 1.50 bits per heavy atom. The van der Waals surface area contributed by atoms with Crippen LogP contribution in [0.1, 0.15) is 27.2 Å². The number of hydrogen-bond acceptors (Lipinski definition) is 2. The van der Waals surface area contributed by atoms with Crippen molar-refractivity contribution in [2.75, 3.05) is 6.61 Å². The Labute approximate surface area is 73.5 Å². The van der Waals surface area contributed by atoms with E-state index in [4.69, 9.17) is 9.47 Å². The molecule has 2 heterocycles. The zero-order valence-corrected chi connectivity index (χ0v) is 7.96. The average molecular weight is 168 g/mol. The van der Waals surface area contributed by atoms with E-state index >= 15 is 0 Å². The molecule has 0 aromatic rings. The lowest BCUT2D eigenvalue weighted by molar-refractivity contribution is 0.324. The highest BCUT2D eigenvalue weighted by Crippen LogP contribution is 2.38. The van der Waals surface area contributed by atoms with Crippen LogP contribution in [0.4, 0.5) is 0 Å². The first-order valence-corrected chi connectivity index (χ1v) is 4.54. The predicted octanol–water partition coefficient (Wildman–Crippen LogP) is 1.90. The Kier molecular flexibility index (Phi) is 1.61. The van der Waals surface area contributed by atoms with Gasteiger partial charge < -0.3 is 9.47 Å². The quantitative estimate of drug-likeness (QED) is 0.475. The first kappa shape index (κ1) is 8.27. The van der Waals surface area contributed by atoms with Crippen LogP contribution in [-0.2, 0) is 9.47 Å². The standard InChI is InChI=1S/C10H16O2/c1-8-10(3,12-8)6-4-5-9(2)7-11-9/h4,6,8H,5,7H2,1-3H3. The van der Waals surface area contributed by atoms with E-state index < -0.39 is 0 Å². The Morgan fingerprint density at radius 2 is 2.08 bits per heavy atom. The summed E-state index contributed by atoms with van der Waals surface area (Å²) in [5.74, 6) is 0. The van der Waals surface area contributed by atoms with Crippen molar-refractivity contribution in [2.45, 2.75) is 44.5 Å². The molecule has 0 N–H and O–H groups in total. The van der Waals surface area contributed by atoms with Crippen molar-refractivity contribution in [1.82, 2.24) is 0 Å². The number of epoxide rings is 2. The van der Waals surface area contributed by atoms with Gasteiger partial charge in [0.2, 0.25) is 0 Å². The van der Waals surface area contributed by atoms with Gasteiger partial charge in [-0.2, -0.15) is 0 Å². The minimum atomic E-state index is 0.0191. The summed E-state index contributed by atoms with van der Waals surface area (Å²) in [6.07, 6.45) is 5.74. The summed E-state index contributed by atoms with van der Waals surface area (Å²) in [5, 5.41) is 0. The second kappa shape index (κ2) is 2.33. The van der Waals surface area contributed by atoms with Crippen LogP contribution in [0.25, 0.3) is 0 Å². The molecule has 2 fully saturated rings. The lowest BCUT2D eigenvalue weighted by atomic mass is 10.0. The van der Waals surface area contributed by atoms with Crippen LogP contribution in [0, 0.1) is 0 Å². The maximum atomic E-state index is 5.41. The SMILES string of the molecule is CC1OC1(C)C=CCC1(C)CO1. The molecule has 0 spiro atoms. The van der Waals surface area contributed by atoms with Crippen LogP contribution in [0.3, 0.4) is 0 Å². The molecule has 12 heavy (non-hydrogen) atoms. The third-order valence-corrected chi connectivity index (χ3v) is 2.82. The Hall–Kier alpha value is -0.340. The highest BCUT2D eigenvalue weighted by Gasteiger charge is 2.46. The van der Waals surface area contributed by atoms with E-state index in [9.17, 15) is 0 Å². The van der Waals surface area contributed by atoms with Crippen LogP contribution in [0.2, 0.25) is 0 Å². The lowest BCUT2D eigenvalue weighted by Gasteiger charge is -1.99. The lowest BCUT2D eigenvalue weighted by Crippen LogP contribution is -2.05. The number of rotatable bonds is 3. The van der Waals surface area contributed by atoms with Crippen molar-refractivity contribution in [3.63, 3.8) is 0 Å². The van der Waals surface area contributed by atoms with Gasteiger partial charge in [0.25, 0.3) is 0 Å². The van der Waals surface area contributed by atoms with Crippen molar-refractivity contribution >= 4 is 0 Å². The third kappa shape index (κ3) is 1.54. The van der Waals surface area contributed by atoms with Crippen LogP contribution in [0.5, 0.6) is 0 Å². The molecule has 0 radical (unpaired) electrons. The van der Waals surface area contributed by atoms with Crippen molar-refractivity contribution in [3.8, 4) is 0 Å². The Morgan fingerprint density at radius 3 is 2.50 bits per heavy atom. The summed E-state index contributed by atoms with van der Waals surface area (Å²) in [6, 6.07) is 0. The largest absolute Gasteiger partial charge is 0.370 e. The zero-order chi connectivity index (χ0) is 8.82. The number of ether oxygens (including phenoxy) is 2. The van der Waals surface area contributed by atoms with Gasteiger partial charge in [0.1, 0.15) is 5.60 Å². The Bertz CT molecular complexity index is 218. The third-order valence-electron chi connectivity index (χ3n) is 2.82. The zero-order valence-electron chi connectivity index (χ0n) is 7.96. The second-order valence-electron chi connectivity index (χ2n) is 4.29. The van der Waals surface area contributed by atoms with Gasteiger partial charge in [-0.3, -0.25) is 0 Å². The van der Waals surface area contributed by atoms with Crippen LogP contribution >= 0.6 is 0 Å². The van der Waals surface area contributed by atoms with E-state index in [1.165, 1.54) is 0 Å². The first-order chi connectivity index (χ1) is 5.54. The van der Waals surface area contributed by atoms with Crippen LogP contribution in [0.15, 0.2) is 12.2 Å². The van der Waals surface area contributed by atoms with Gasteiger partial charge >= 0.3 is 0 Å². The first-order valence-electron chi connectivity index (χ1n) is 4.54. The van der Waals surface area contributed by atoms with E-state index in [2.05, 4.69) is 32.9 Å². The van der Waals surface area contributed by atoms with Crippen molar-refractivity contribution < 1.29 is 9.47 Å². The minimum absolute atomic E-state index is 0.0191. The summed E-state index contributed by atoms with van der Waals surface area (Å²) < 4.78 is 10.7. The molecule has 0 aliphatic carbocycles. The van der Waals surface area contributed by atoms with E-state index in [-0.39, 0.29) is 11.2 Å². The van der Waals surface area contributed by atoms with Gasteiger partial charge in [-0.15, -0.1) is 0 Å². The van der Waals surface area contributed by atoms with Gasteiger partial charge in [-0.25, -0.2) is 0 Å². The van der Waals surface area contributed by atoms with Gasteiger partial charge in [-0.1, -0.05) is 12.2 Å². The molecule has 2 aliphatic rings. The van der Waals surface area contributed by atoms with Gasteiger partial charge in [0.15, 0.2) is 0 Å². The fourth-order valence-electron chi connectivity index (χ4n) is 1.30. The fraction of sp³-hybridized carbons (Fsp3) is 0.800. The van der Waals surface area contributed by atoms with Crippen LogP contribution < -0.4 is 0 Å². The Balaban J connectivity index is 1.79. The topological polar surface area (TPSA) is 25.1 Å². The summed E-state index contributed by atoms with van der Waals surface area (Å²) in [5.41, 5.74) is 0.163. The fourth-order valence-corrected chi connectivity index (χ4v) is 1.30. The monoisotopic (exact) mass is 168 g/mol. The molecule has 3 atom stereocenters. The summed E-state index contributed by atoms with van der Waals surface area (Å²) in [6.45, 7) is 7.26. The summed E-state index contributed by atoms with van der Waals surface area (Å²) in [4.78, 5) is 0. The minimum Gasteiger partial charge on any atom is -0.370 e. The molecule has 2 aliphatic heterocycles. The predicted molar refractivity (Wildman–Crippen MR) is 47.1 cm³/mol. The molecule has 2 nitrogen and oxygen atoms in total. The number of hydrogen-bond donors (Lipinski definition) is 0. The second-order valence-corrected chi connectivity index (χ2v) is 4.29. The summed E-state index contributed by atoms with van der Waals surface area (Å²) >= 11 is 0. The molecular weight excluding hydrogens is 152 g/mol. The van der Waals surface area contributed by atoms with Crippen molar-refractivity contribution in [2.24, 2.45) is 0 Å². The maximum absolute atomic E-state index is 5.41. The van der Waals surface area contributed by atoms with Gasteiger partial charge in [0.05, 0.1) is 18.3 Å². The molecular formula is C10H16O2. The average Bonchev–Trinajstić information content (AvgIpc) is 2.80. The van der Waals surface area contributed by atoms with E-state index in [1.54, 1.807) is 0 Å². The molecule has 2 rings (SSSR count). The molecule has 2 heteroatoms.